The van der Waals surface area contributed by atoms with E-state index in [1.54, 1.807) is 36.6 Å². The average Bonchev–Trinajstić information content (AvgIpc) is 3.17. The second kappa shape index (κ2) is 8.81. The van der Waals surface area contributed by atoms with Crippen LogP contribution in [0, 0.1) is 0 Å². The number of ether oxygens (including phenoxy) is 1. The largest absolute Gasteiger partial charge is 0.497 e. The monoisotopic (exact) mass is 367 g/mol. The maximum absolute atomic E-state index is 12.6. The number of aliphatic hydroxyl groups excluding tert-OH is 1. The van der Waals surface area contributed by atoms with Crippen molar-refractivity contribution in [1.29, 1.82) is 0 Å². The summed E-state index contributed by atoms with van der Waals surface area (Å²) in [4.78, 5) is 18.1. The van der Waals surface area contributed by atoms with Crippen molar-refractivity contribution in [2.45, 2.75) is 6.54 Å². The van der Waals surface area contributed by atoms with Crippen LogP contribution in [-0.2, 0) is 6.54 Å². The molecule has 0 aliphatic heterocycles. The van der Waals surface area contributed by atoms with Crippen LogP contribution in [0.25, 0.3) is 5.69 Å². The normalized spacial score (nSPS) is 10.4. The van der Waals surface area contributed by atoms with Gasteiger partial charge in [-0.2, -0.15) is 5.10 Å². The molecule has 0 saturated carbocycles. The molecule has 0 saturated heterocycles. The number of pyridine rings is 1. The van der Waals surface area contributed by atoms with E-state index in [1.165, 1.54) is 4.90 Å². The third-order valence-corrected chi connectivity index (χ3v) is 3.93. The molecule has 0 bridgehead atoms. The van der Waals surface area contributed by atoms with Crippen LogP contribution < -0.4 is 10.1 Å². The van der Waals surface area contributed by atoms with Gasteiger partial charge < -0.3 is 20.1 Å². The van der Waals surface area contributed by atoms with Crippen molar-refractivity contribution in [2.75, 3.05) is 25.6 Å². The summed E-state index contributed by atoms with van der Waals surface area (Å²) in [7, 11) is 1.60. The molecule has 0 atom stereocenters. The molecule has 0 fully saturated rings. The van der Waals surface area contributed by atoms with Crippen LogP contribution in [0.5, 0.6) is 5.75 Å². The van der Waals surface area contributed by atoms with Crippen LogP contribution in [0.15, 0.2) is 61.2 Å². The van der Waals surface area contributed by atoms with Gasteiger partial charge in [0.15, 0.2) is 0 Å². The number of amides is 2. The highest BCUT2D eigenvalue weighted by atomic mass is 16.5. The van der Waals surface area contributed by atoms with E-state index in [0.717, 1.165) is 17.0 Å². The average molecular weight is 367 g/mol. The number of nitrogens with one attached hydrogen (secondary N) is 1. The van der Waals surface area contributed by atoms with Gasteiger partial charge in [-0.15, -0.1) is 0 Å². The van der Waals surface area contributed by atoms with Crippen LogP contribution in [0.2, 0.25) is 0 Å². The van der Waals surface area contributed by atoms with Crippen molar-refractivity contribution in [2.24, 2.45) is 0 Å². The minimum Gasteiger partial charge on any atom is -0.497 e. The Morgan fingerprint density at radius 2 is 2.11 bits per heavy atom. The number of carbonyl (C=O) groups is 1. The number of hydrogen-bond donors (Lipinski definition) is 2. The van der Waals surface area contributed by atoms with E-state index in [4.69, 9.17) is 4.74 Å². The quantitative estimate of drug-likeness (QED) is 0.668. The Kier molecular flexibility index (Phi) is 6.01. The Hall–Kier alpha value is -3.39. The zero-order valence-electron chi connectivity index (χ0n) is 14.9. The fraction of sp³-hybridized carbons (Fsp3) is 0.211. The lowest BCUT2D eigenvalue weighted by atomic mass is 10.2. The van der Waals surface area contributed by atoms with E-state index in [2.05, 4.69) is 15.4 Å². The number of aliphatic hydroxyl groups is 1. The van der Waals surface area contributed by atoms with Crippen molar-refractivity contribution in [3.05, 3.63) is 66.7 Å². The van der Waals surface area contributed by atoms with E-state index in [1.807, 2.05) is 36.4 Å². The van der Waals surface area contributed by atoms with Crippen LogP contribution >= 0.6 is 0 Å². The zero-order valence-corrected chi connectivity index (χ0v) is 14.9. The van der Waals surface area contributed by atoms with E-state index in [0.29, 0.717) is 12.2 Å². The number of benzene rings is 1. The molecule has 8 nitrogen and oxygen atoms in total. The number of rotatable bonds is 7. The highest BCUT2D eigenvalue weighted by Crippen LogP contribution is 2.16. The topological polar surface area (TPSA) is 92.5 Å². The molecule has 3 rings (SSSR count). The first-order valence-corrected chi connectivity index (χ1v) is 8.44. The summed E-state index contributed by atoms with van der Waals surface area (Å²) in [5, 5.41) is 16.4. The summed E-state index contributed by atoms with van der Waals surface area (Å²) < 4.78 is 6.86. The third kappa shape index (κ3) is 4.83. The fourth-order valence-electron chi connectivity index (χ4n) is 2.59. The Morgan fingerprint density at radius 1 is 1.30 bits per heavy atom. The second-order valence-electron chi connectivity index (χ2n) is 5.81. The minimum atomic E-state index is -0.318. The fourth-order valence-corrected chi connectivity index (χ4v) is 2.59. The van der Waals surface area contributed by atoms with Gasteiger partial charge in [0.1, 0.15) is 5.75 Å². The standard InChI is InChI=1S/C19H21N5O3/c1-27-18-4-2-3-15(11-18)13-23(9-10-25)19(26)22-16-12-21-24(14-16)17-5-7-20-8-6-17/h2-8,11-12,14,25H,9-10,13H2,1H3,(H,22,26). The van der Waals surface area contributed by atoms with Crippen molar-refractivity contribution in [3.63, 3.8) is 0 Å². The van der Waals surface area contributed by atoms with Gasteiger partial charge in [-0.3, -0.25) is 4.98 Å². The number of hydrogen-bond acceptors (Lipinski definition) is 5. The summed E-state index contributed by atoms with van der Waals surface area (Å²) >= 11 is 0. The second-order valence-corrected chi connectivity index (χ2v) is 5.81. The molecule has 27 heavy (non-hydrogen) atoms. The highest BCUT2D eigenvalue weighted by molar-refractivity contribution is 5.89. The van der Waals surface area contributed by atoms with Crippen molar-refractivity contribution >= 4 is 11.7 Å². The predicted octanol–water partition coefficient (Wildman–Crippen LogP) is 2.30. The Morgan fingerprint density at radius 3 is 2.85 bits per heavy atom. The first kappa shape index (κ1) is 18.4. The summed E-state index contributed by atoms with van der Waals surface area (Å²) in [5.41, 5.74) is 2.31. The van der Waals surface area contributed by atoms with E-state index < -0.39 is 0 Å². The van der Waals surface area contributed by atoms with Crippen LogP contribution in [0.3, 0.4) is 0 Å². The molecule has 2 N–H and O–H groups in total. The number of aromatic nitrogens is 3. The van der Waals surface area contributed by atoms with E-state index in [-0.39, 0.29) is 19.2 Å². The van der Waals surface area contributed by atoms with Crippen LogP contribution in [-0.4, -0.2) is 51.1 Å². The smallest absolute Gasteiger partial charge is 0.322 e. The molecule has 3 aromatic rings. The van der Waals surface area contributed by atoms with Gasteiger partial charge in [0.05, 0.1) is 37.5 Å². The lowest BCUT2D eigenvalue weighted by molar-refractivity contribution is 0.185. The summed E-state index contributed by atoms with van der Waals surface area (Å²) in [6.45, 7) is 0.428. The van der Waals surface area contributed by atoms with Gasteiger partial charge in [-0.25, -0.2) is 9.48 Å². The summed E-state index contributed by atoms with van der Waals surface area (Å²) in [6.07, 6.45) is 6.63. The zero-order chi connectivity index (χ0) is 19.1. The van der Waals surface area contributed by atoms with E-state index >= 15 is 0 Å². The molecule has 2 heterocycles. The molecule has 0 unspecified atom stereocenters. The molecular formula is C19H21N5O3. The van der Waals surface area contributed by atoms with E-state index in [9.17, 15) is 9.90 Å². The molecule has 0 radical (unpaired) electrons. The number of urea groups is 1. The summed E-state index contributed by atoms with van der Waals surface area (Å²) in [5.74, 6) is 0.718. The molecule has 8 heteroatoms. The van der Waals surface area contributed by atoms with Gasteiger partial charge in [-0.05, 0) is 29.8 Å². The first-order chi connectivity index (χ1) is 13.2. The van der Waals surface area contributed by atoms with Crippen molar-refractivity contribution < 1.29 is 14.6 Å². The van der Waals surface area contributed by atoms with Crippen LogP contribution in [0.1, 0.15) is 5.56 Å². The lowest BCUT2D eigenvalue weighted by Crippen LogP contribution is -2.36. The predicted molar refractivity (Wildman–Crippen MR) is 101 cm³/mol. The molecule has 0 aliphatic carbocycles. The number of anilines is 1. The van der Waals surface area contributed by atoms with Gasteiger partial charge >= 0.3 is 6.03 Å². The third-order valence-electron chi connectivity index (χ3n) is 3.93. The maximum atomic E-state index is 12.6. The van der Waals surface area contributed by atoms with Crippen molar-refractivity contribution in [3.8, 4) is 11.4 Å². The molecule has 0 aliphatic rings. The molecule has 140 valence electrons. The number of nitrogens with zero attached hydrogens (tertiary/aromatic N) is 4. The van der Waals surface area contributed by atoms with Gasteiger partial charge in [0, 0.05) is 25.5 Å². The van der Waals surface area contributed by atoms with Crippen molar-refractivity contribution in [1.82, 2.24) is 19.7 Å². The lowest BCUT2D eigenvalue weighted by Gasteiger charge is -2.22. The number of methoxy groups -OCH3 is 1. The molecule has 2 aromatic heterocycles. The van der Waals surface area contributed by atoms with Gasteiger partial charge in [-0.1, -0.05) is 12.1 Å². The first-order valence-electron chi connectivity index (χ1n) is 8.44. The molecule has 2 amide bonds. The Balaban J connectivity index is 1.69. The molecule has 0 spiro atoms. The summed E-state index contributed by atoms with van der Waals surface area (Å²) in [6, 6.07) is 10.8. The minimum absolute atomic E-state index is 0.131. The number of carbonyl (C=O) groups excluding carboxylic acids is 1. The van der Waals surface area contributed by atoms with Crippen LogP contribution in [0.4, 0.5) is 10.5 Å². The Labute approximate surface area is 157 Å². The maximum Gasteiger partial charge on any atom is 0.322 e. The SMILES string of the molecule is COc1cccc(CN(CCO)C(=O)Nc2cnn(-c3ccncc3)c2)c1. The van der Waals surface area contributed by atoms with Gasteiger partial charge in [0.25, 0.3) is 0 Å². The highest BCUT2D eigenvalue weighted by Gasteiger charge is 2.15. The van der Waals surface area contributed by atoms with Gasteiger partial charge in [0.2, 0.25) is 0 Å². The molecular weight excluding hydrogens is 346 g/mol. The Bertz CT molecular complexity index is 882. The molecule has 1 aromatic carbocycles.